The molecule has 3 rings (SSSR count). The van der Waals surface area contributed by atoms with E-state index in [0.29, 0.717) is 12.2 Å². The van der Waals surface area contributed by atoms with E-state index in [2.05, 4.69) is 5.32 Å². The van der Waals surface area contributed by atoms with E-state index in [0.717, 1.165) is 10.5 Å². The summed E-state index contributed by atoms with van der Waals surface area (Å²) in [5.74, 6) is -0.340. The van der Waals surface area contributed by atoms with Gasteiger partial charge in [-0.15, -0.1) is 0 Å². The molecule has 5 nitrogen and oxygen atoms in total. The summed E-state index contributed by atoms with van der Waals surface area (Å²) >= 11 is 0. The van der Waals surface area contributed by atoms with Crippen LogP contribution in [-0.2, 0) is 10.3 Å². The molecule has 1 N–H and O–H groups in total. The van der Waals surface area contributed by atoms with Crippen molar-refractivity contribution >= 4 is 11.9 Å². The van der Waals surface area contributed by atoms with Crippen molar-refractivity contribution < 1.29 is 18.7 Å². The van der Waals surface area contributed by atoms with Gasteiger partial charge in [-0.2, -0.15) is 0 Å². The molecule has 0 spiro atoms. The Kier molecular flexibility index (Phi) is 4.70. The number of hydrogen-bond acceptors (Lipinski definition) is 3. The van der Waals surface area contributed by atoms with Crippen LogP contribution in [0.1, 0.15) is 18.9 Å². The number of hydrogen-bond donors (Lipinski definition) is 1. The maximum Gasteiger partial charge on any atom is 0.325 e. The molecule has 2 aromatic carbocycles. The maximum absolute atomic E-state index is 13.1. The highest BCUT2D eigenvalue weighted by Crippen LogP contribution is 2.32. The van der Waals surface area contributed by atoms with Crippen molar-refractivity contribution in [3.05, 3.63) is 66.0 Å². The molecule has 2 aromatic rings. The zero-order chi connectivity index (χ0) is 17.9. The van der Waals surface area contributed by atoms with Crippen LogP contribution in [0.5, 0.6) is 5.75 Å². The number of urea groups is 1. The summed E-state index contributed by atoms with van der Waals surface area (Å²) in [5.41, 5.74) is -0.290. The van der Waals surface area contributed by atoms with Gasteiger partial charge in [-0.05, 0) is 24.1 Å². The van der Waals surface area contributed by atoms with Crippen molar-refractivity contribution in [2.75, 3.05) is 13.2 Å². The number of amides is 3. The van der Waals surface area contributed by atoms with E-state index in [9.17, 15) is 14.0 Å². The molecule has 6 heteroatoms. The number of nitrogens with one attached hydrogen (secondary N) is 1. The SMILES string of the molecule is CC[C@@]1(c2ccccc2)NC(=O)N(CCOc2cccc(F)c2)C1=O. The normalized spacial score (nSPS) is 19.8. The molecule has 3 amide bonds. The fourth-order valence-electron chi connectivity index (χ4n) is 3.00. The zero-order valence-corrected chi connectivity index (χ0v) is 13.9. The van der Waals surface area contributed by atoms with E-state index in [1.54, 1.807) is 6.07 Å². The van der Waals surface area contributed by atoms with Gasteiger partial charge in [0.15, 0.2) is 0 Å². The Bertz CT molecular complexity index is 781. The Labute approximate surface area is 145 Å². The molecule has 0 radical (unpaired) electrons. The molecular weight excluding hydrogens is 323 g/mol. The van der Waals surface area contributed by atoms with E-state index in [-0.39, 0.29) is 19.1 Å². The Morgan fingerprint density at radius 3 is 2.56 bits per heavy atom. The molecule has 0 aliphatic carbocycles. The molecule has 1 fully saturated rings. The van der Waals surface area contributed by atoms with Crippen LogP contribution >= 0.6 is 0 Å². The van der Waals surface area contributed by atoms with E-state index in [4.69, 9.17) is 4.74 Å². The monoisotopic (exact) mass is 342 g/mol. The second-order valence-corrected chi connectivity index (χ2v) is 5.82. The first-order chi connectivity index (χ1) is 12.1. The van der Waals surface area contributed by atoms with Gasteiger partial charge in [0.05, 0.1) is 6.54 Å². The highest BCUT2D eigenvalue weighted by atomic mass is 19.1. The van der Waals surface area contributed by atoms with Crippen LogP contribution in [0, 0.1) is 5.82 Å². The van der Waals surface area contributed by atoms with Gasteiger partial charge in [-0.25, -0.2) is 9.18 Å². The summed E-state index contributed by atoms with van der Waals surface area (Å²) in [6.45, 7) is 2.05. The summed E-state index contributed by atoms with van der Waals surface area (Å²) in [6, 6.07) is 14.5. The van der Waals surface area contributed by atoms with Gasteiger partial charge < -0.3 is 10.1 Å². The van der Waals surface area contributed by atoms with Crippen LogP contribution in [0.25, 0.3) is 0 Å². The van der Waals surface area contributed by atoms with E-state index in [1.165, 1.54) is 18.2 Å². The third-order valence-electron chi connectivity index (χ3n) is 4.35. The highest BCUT2D eigenvalue weighted by Gasteiger charge is 2.50. The summed E-state index contributed by atoms with van der Waals surface area (Å²) < 4.78 is 18.6. The standard InChI is InChI=1S/C19H19FN2O3/c1-2-19(14-7-4-3-5-8-14)17(23)22(18(24)21-19)11-12-25-16-10-6-9-15(20)13-16/h3-10,13H,2,11-12H2,1H3,(H,21,24)/t19-/m0/s1. The van der Waals surface area contributed by atoms with Crippen LogP contribution in [0.4, 0.5) is 9.18 Å². The molecule has 1 atom stereocenters. The maximum atomic E-state index is 13.1. The predicted octanol–water partition coefficient (Wildman–Crippen LogP) is 3.06. The molecule has 0 aromatic heterocycles. The van der Waals surface area contributed by atoms with Crippen molar-refractivity contribution in [2.45, 2.75) is 18.9 Å². The Morgan fingerprint density at radius 1 is 1.12 bits per heavy atom. The third-order valence-corrected chi connectivity index (χ3v) is 4.35. The van der Waals surface area contributed by atoms with E-state index < -0.39 is 17.4 Å². The number of carbonyl (C=O) groups excluding carboxylic acids is 2. The van der Waals surface area contributed by atoms with Crippen LogP contribution in [-0.4, -0.2) is 30.0 Å². The van der Waals surface area contributed by atoms with Crippen molar-refractivity contribution in [3.63, 3.8) is 0 Å². The third kappa shape index (κ3) is 3.20. The molecule has 130 valence electrons. The molecule has 1 heterocycles. The lowest BCUT2D eigenvalue weighted by atomic mass is 9.87. The summed E-state index contributed by atoms with van der Waals surface area (Å²) in [5, 5.41) is 2.81. The first-order valence-electron chi connectivity index (χ1n) is 8.15. The molecule has 25 heavy (non-hydrogen) atoms. The van der Waals surface area contributed by atoms with Crippen LogP contribution < -0.4 is 10.1 Å². The van der Waals surface area contributed by atoms with Crippen molar-refractivity contribution in [1.82, 2.24) is 10.2 Å². The Balaban J connectivity index is 1.71. The number of nitrogens with zero attached hydrogens (tertiary/aromatic N) is 1. The molecule has 1 aliphatic heterocycles. The molecule has 1 aliphatic rings. The topological polar surface area (TPSA) is 58.6 Å². The van der Waals surface area contributed by atoms with Gasteiger partial charge in [0.25, 0.3) is 5.91 Å². The fourth-order valence-corrected chi connectivity index (χ4v) is 3.00. The van der Waals surface area contributed by atoms with Gasteiger partial charge >= 0.3 is 6.03 Å². The minimum Gasteiger partial charge on any atom is -0.492 e. The molecule has 1 saturated heterocycles. The van der Waals surface area contributed by atoms with E-state index >= 15 is 0 Å². The average molecular weight is 342 g/mol. The summed E-state index contributed by atoms with van der Waals surface area (Å²) in [7, 11) is 0. The lowest BCUT2D eigenvalue weighted by molar-refractivity contribution is -0.132. The van der Waals surface area contributed by atoms with Gasteiger partial charge in [0.1, 0.15) is 23.7 Å². The minimum atomic E-state index is -1.04. The molecule has 0 saturated carbocycles. The van der Waals surface area contributed by atoms with Crippen molar-refractivity contribution in [2.24, 2.45) is 0 Å². The minimum absolute atomic E-state index is 0.0930. The number of ether oxygens (including phenoxy) is 1. The quantitative estimate of drug-likeness (QED) is 0.821. The average Bonchev–Trinajstić information content (AvgIpc) is 2.87. The summed E-state index contributed by atoms with van der Waals surface area (Å²) in [6.07, 6.45) is 0.447. The summed E-state index contributed by atoms with van der Waals surface area (Å²) in [4.78, 5) is 26.3. The number of imide groups is 1. The second kappa shape index (κ2) is 6.93. The second-order valence-electron chi connectivity index (χ2n) is 5.82. The van der Waals surface area contributed by atoms with Crippen molar-refractivity contribution in [3.8, 4) is 5.75 Å². The van der Waals surface area contributed by atoms with Gasteiger partial charge in [-0.1, -0.05) is 43.3 Å². The van der Waals surface area contributed by atoms with Crippen LogP contribution in [0.15, 0.2) is 54.6 Å². The number of halogens is 1. The fraction of sp³-hybridized carbons (Fsp3) is 0.263. The Morgan fingerprint density at radius 2 is 1.88 bits per heavy atom. The van der Waals surface area contributed by atoms with Crippen LogP contribution in [0.3, 0.4) is 0 Å². The molecule has 0 bridgehead atoms. The first-order valence-corrected chi connectivity index (χ1v) is 8.15. The predicted molar refractivity (Wildman–Crippen MR) is 90.6 cm³/mol. The lowest BCUT2D eigenvalue weighted by Crippen LogP contribution is -2.43. The molecule has 0 unspecified atom stereocenters. The smallest absolute Gasteiger partial charge is 0.325 e. The van der Waals surface area contributed by atoms with Gasteiger partial charge in [0.2, 0.25) is 0 Å². The Hall–Kier alpha value is -2.89. The lowest BCUT2D eigenvalue weighted by Gasteiger charge is -2.25. The zero-order valence-electron chi connectivity index (χ0n) is 13.9. The van der Waals surface area contributed by atoms with Crippen molar-refractivity contribution in [1.29, 1.82) is 0 Å². The number of rotatable bonds is 6. The van der Waals surface area contributed by atoms with E-state index in [1.807, 2.05) is 37.3 Å². The van der Waals surface area contributed by atoms with Gasteiger partial charge in [0, 0.05) is 6.07 Å². The van der Waals surface area contributed by atoms with Crippen LogP contribution in [0.2, 0.25) is 0 Å². The largest absolute Gasteiger partial charge is 0.492 e. The van der Waals surface area contributed by atoms with Gasteiger partial charge in [-0.3, -0.25) is 9.69 Å². The number of benzene rings is 2. The highest BCUT2D eigenvalue weighted by molar-refractivity contribution is 6.07. The molecular formula is C19H19FN2O3. The number of carbonyl (C=O) groups is 2. The first kappa shape index (κ1) is 17.0.